The van der Waals surface area contributed by atoms with E-state index in [1.165, 1.54) is 14.1 Å². The number of aromatic amines is 1. The van der Waals surface area contributed by atoms with Gasteiger partial charge in [-0.25, -0.2) is 12.7 Å². The summed E-state index contributed by atoms with van der Waals surface area (Å²) < 4.78 is 25.9. The molecule has 0 radical (unpaired) electrons. The maximum absolute atomic E-state index is 12.4. The Labute approximate surface area is 147 Å². The van der Waals surface area contributed by atoms with E-state index in [0.29, 0.717) is 16.6 Å². The third-order valence-electron chi connectivity index (χ3n) is 4.36. The Kier molecular flexibility index (Phi) is 4.26. The Balaban J connectivity index is 2.28. The maximum atomic E-state index is 12.4. The molecule has 0 aliphatic rings. The zero-order chi connectivity index (χ0) is 18.4. The molecule has 0 aliphatic heterocycles. The van der Waals surface area contributed by atoms with E-state index in [1.54, 1.807) is 18.2 Å². The first-order chi connectivity index (χ1) is 11.8. The fourth-order valence-corrected chi connectivity index (χ4v) is 3.92. The van der Waals surface area contributed by atoms with Crippen molar-refractivity contribution in [3.05, 3.63) is 53.1 Å². The van der Waals surface area contributed by atoms with E-state index in [1.807, 2.05) is 26.0 Å². The summed E-state index contributed by atoms with van der Waals surface area (Å²) in [5.41, 5.74) is 5.04. The number of aromatic nitrogens is 1. The lowest BCUT2D eigenvalue weighted by atomic mass is 10.00. The number of nitrogens with zero attached hydrogens (tertiary/aromatic N) is 1. The molecule has 6 heteroatoms. The maximum Gasteiger partial charge on any atom is 0.242 e. The monoisotopic (exact) mass is 356 g/mol. The number of aldehydes is 1. The minimum atomic E-state index is -3.56. The number of fused-ring (bicyclic) bond motifs is 1. The van der Waals surface area contributed by atoms with E-state index in [-0.39, 0.29) is 4.90 Å². The van der Waals surface area contributed by atoms with Gasteiger partial charge in [0, 0.05) is 36.1 Å². The van der Waals surface area contributed by atoms with Crippen LogP contribution >= 0.6 is 0 Å². The average molecular weight is 356 g/mol. The lowest BCUT2D eigenvalue weighted by Gasteiger charge is -2.11. The van der Waals surface area contributed by atoms with E-state index in [2.05, 4.69) is 11.1 Å². The van der Waals surface area contributed by atoms with Crippen molar-refractivity contribution in [1.82, 2.24) is 9.29 Å². The molecule has 25 heavy (non-hydrogen) atoms. The number of rotatable bonds is 4. The van der Waals surface area contributed by atoms with Crippen LogP contribution in [0.15, 0.2) is 41.3 Å². The van der Waals surface area contributed by atoms with Gasteiger partial charge in [-0.2, -0.15) is 0 Å². The van der Waals surface area contributed by atoms with E-state index >= 15 is 0 Å². The summed E-state index contributed by atoms with van der Waals surface area (Å²) in [6.45, 7) is 4.01. The Morgan fingerprint density at radius 1 is 1.04 bits per heavy atom. The number of sulfonamides is 1. The Bertz CT molecular complexity index is 1080. The number of carbonyl (C=O) groups is 1. The van der Waals surface area contributed by atoms with Gasteiger partial charge < -0.3 is 4.98 Å². The van der Waals surface area contributed by atoms with Crippen molar-refractivity contribution in [2.75, 3.05) is 14.1 Å². The van der Waals surface area contributed by atoms with Crippen molar-refractivity contribution in [2.24, 2.45) is 0 Å². The molecule has 2 aromatic carbocycles. The van der Waals surface area contributed by atoms with Gasteiger partial charge >= 0.3 is 0 Å². The van der Waals surface area contributed by atoms with Crippen LogP contribution in [0.25, 0.3) is 22.2 Å². The zero-order valence-electron chi connectivity index (χ0n) is 14.6. The average Bonchev–Trinajstić information content (AvgIpc) is 2.91. The highest BCUT2D eigenvalue weighted by molar-refractivity contribution is 7.89. The third-order valence-corrected chi connectivity index (χ3v) is 6.17. The molecular formula is C19H20N2O3S. The highest BCUT2D eigenvalue weighted by atomic mass is 32.2. The quantitative estimate of drug-likeness (QED) is 0.727. The van der Waals surface area contributed by atoms with Gasteiger partial charge in [0.1, 0.15) is 0 Å². The van der Waals surface area contributed by atoms with Crippen LogP contribution in [0.1, 0.15) is 21.5 Å². The van der Waals surface area contributed by atoms with Gasteiger partial charge in [0.15, 0.2) is 6.29 Å². The molecule has 5 nitrogen and oxygen atoms in total. The SMILES string of the molecule is Cc1ccc(-c2[nH]c3ccc(S(=O)(=O)N(C)C)cc3c2C=O)c(C)c1. The van der Waals surface area contributed by atoms with Gasteiger partial charge in [0.05, 0.1) is 10.6 Å². The predicted octanol–water partition coefficient (Wildman–Crippen LogP) is 3.51. The van der Waals surface area contributed by atoms with Gasteiger partial charge in [0.25, 0.3) is 0 Å². The van der Waals surface area contributed by atoms with Gasteiger partial charge in [-0.15, -0.1) is 0 Å². The van der Waals surface area contributed by atoms with E-state index in [9.17, 15) is 13.2 Å². The molecule has 0 saturated carbocycles. The fourth-order valence-electron chi connectivity index (χ4n) is 2.99. The first-order valence-corrected chi connectivity index (χ1v) is 9.30. The van der Waals surface area contributed by atoms with Crippen molar-refractivity contribution >= 4 is 27.2 Å². The number of nitrogens with one attached hydrogen (secondary N) is 1. The van der Waals surface area contributed by atoms with Gasteiger partial charge in [0.2, 0.25) is 10.0 Å². The molecule has 0 spiro atoms. The number of aryl methyl sites for hydroxylation is 2. The zero-order valence-corrected chi connectivity index (χ0v) is 15.4. The van der Waals surface area contributed by atoms with Crippen LogP contribution in [0.5, 0.6) is 0 Å². The number of hydrogen-bond acceptors (Lipinski definition) is 3. The number of benzene rings is 2. The number of hydrogen-bond donors (Lipinski definition) is 1. The second-order valence-corrected chi connectivity index (χ2v) is 8.50. The molecule has 1 N–H and O–H groups in total. The number of H-pyrrole nitrogens is 1. The molecule has 1 heterocycles. The van der Waals surface area contributed by atoms with Crippen LogP contribution < -0.4 is 0 Å². The Hall–Kier alpha value is -2.44. The van der Waals surface area contributed by atoms with Gasteiger partial charge in [-0.3, -0.25) is 4.79 Å². The molecule has 0 saturated heterocycles. The highest BCUT2D eigenvalue weighted by Crippen LogP contribution is 2.33. The second-order valence-electron chi connectivity index (χ2n) is 6.34. The minimum absolute atomic E-state index is 0.166. The Morgan fingerprint density at radius 2 is 1.76 bits per heavy atom. The standard InChI is InChI=1S/C19H20N2O3S/c1-12-5-7-15(13(2)9-12)19-17(11-22)16-10-14(6-8-18(16)20-19)25(23,24)21(3)4/h5-11,20H,1-4H3. The second kappa shape index (κ2) is 6.13. The van der Waals surface area contributed by atoms with Gasteiger partial charge in [-0.1, -0.05) is 23.8 Å². The smallest absolute Gasteiger partial charge is 0.242 e. The van der Waals surface area contributed by atoms with Crippen LogP contribution in [0.2, 0.25) is 0 Å². The molecule has 0 atom stereocenters. The lowest BCUT2D eigenvalue weighted by Crippen LogP contribution is -2.22. The molecule has 0 aliphatic carbocycles. The molecule has 0 unspecified atom stereocenters. The Morgan fingerprint density at radius 3 is 2.36 bits per heavy atom. The van der Waals surface area contributed by atoms with Crippen molar-refractivity contribution in [3.63, 3.8) is 0 Å². The molecule has 3 aromatic rings. The van der Waals surface area contributed by atoms with Crippen LogP contribution in [-0.2, 0) is 10.0 Å². The summed E-state index contributed by atoms with van der Waals surface area (Å²) in [5.74, 6) is 0. The molecule has 0 bridgehead atoms. The van der Waals surface area contributed by atoms with Crippen LogP contribution in [-0.4, -0.2) is 38.1 Å². The van der Waals surface area contributed by atoms with E-state index < -0.39 is 10.0 Å². The van der Waals surface area contributed by atoms with Crippen molar-refractivity contribution in [3.8, 4) is 11.3 Å². The fraction of sp³-hybridized carbons (Fsp3) is 0.211. The van der Waals surface area contributed by atoms with Crippen LogP contribution in [0, 0.1) is 13.8 Å². The van der Waals surface area contributed by atoms with Crippen molar-refractivity contribution in [2.45, 2.75) is 18.7 Å². The molecule has 3 rings (SSSR count). The summed E-state index contributed by atoms with van der Waals surface area (Å²) in [4.78, 5) is 15.2. The highest BCUT2D eigenvalue weighted by Gasteiger charge is 2.20. The number of carbonyl (C=O) groups excluding carboxylic acids is 1. The van der Waals surface area contributed by atoms with E-state index in [0.717, 1.165) is 32.8 Å². The first-order valence-electron chi connectivity index (χ1n) is 7.86. The molecular weight excluding hydrogens is 336 g/mol. The summed E-state index contributed by atoms with van der Waals surface area (Å²) in [6, 6.07) is 10.8. The summed E-state index contributed by atoms with van der Waals surface area (Å²) in [5, 5.41) is 0.605. The van der Waals surface area contributed by atoms with Crippen LogP contribution in [0.3, 0.4) is 0 Å². The summed E-state index contributed by atoms with van der Waals surface area (Å²) in [6.07, 6.45) is 0.777. The normalized spacial score (nSPS) is 12.0. The summed E-state index contributed by atoms with van der Waals surface area (Å²) in [7, 11) is -0.590. The van der Waals surface area contributed by atoms with Crippen molar-refractivity contribution < 1.29 is 13.2 Å². The largest absolute Gasteiger partial charge is 0.354 e. The van der Waals surface area contributed by atoms with E-state index in [4.69, 9.17) is 0 Å². The minimum Gasteiger partial charge on any atom is -0.354 e. The molecule has 0 amide bonds. The lowest BCUT2D eigenvalue weighted by molar-refractivity contribution is 0.112. The summed E-state index contributed by atoms with van der Waals surface area (Å²) >= 11 is 0. The predicted molar refractivity (Wildman–Crippen MR) is 99.5 cm³/mol. The van der Waals surface area contributed by atoms with Crippen LogP contribution in [0.4, 0.5) is 0 Å². The van der Waals surface area contributed by atoms with Gasteiger partial charge in [-0.05, 0) is 37.6 Å². The molecule has 0 fully saturated rings. The topological polar surface area (TPSA) is 70.2 Å². The first kappa shape index (κ1) is 17.4. The molecule has 1 aromatic heterocycles. The molecule has 130 valence electrons. The van der Waals surface area contributed by atoms with Crippen molar-refractivity contribution in [1.29, 1.82) is 0 Å². The third kappa shape index (κ3) is 2.88.